The van der Waals surface area contributed by atoms with Gasteiger partial charge in [-0.05, 0) is 66.5 Å². The standard InChI is InChI=1S/C43H46N4S5/c1-7-10-12-14-30-28-22-34(49-40(28)42(30,4)5)26-18-16-24(36-38(26)46-51-44-36)32-20-21-33(48-32)25-17-19-27(39-37(25)45-52-47-39)35-23-29-31(15-13-11-8-2)43(6,9-3)41(29)50-35/h16-23,30-31H,7-15H2,1-6H3. The smallest absolute Gasteiger partial charge is 0.114 e. The molecule has 0 spiro atoms. The first-order chi connectivity index (χ1) is 25.3. The van der Waals surface area contributed by atoms with Gasteiger partial charge in [-0.2, -0.15) is 17.5 Å². The van der Waals surface area contributed by atoms with Crippen LogP contribution in [0.3, 0.4) is 0 Å². The van der Waals surface area contributed by atoms with Gasteiger partial charge >= 0.3 is 0 Å². The highest BCUT2D eigenvalue weighted by molar-refractivity contribution is 7.19. The second kappa shape index (κ2) is 13.5. The average Bonchev–Trinajstić information content (AvgIpc) is 4.00. The Labute approximate surface area is 328 Å². The molecule has 2 aliphatic rings. The molecule has 0 saturated carbocycles. The molecule has 4 nitrogen and oxygen atoms in total. The van der Waals surface area contributed by atoms with Crippen molar-refractivity contribution in [3.63, 3.8) is 0 Å². The lowest BCUT2D eigenvalue weighted by Gasteiger charge is -2.47. The zero-order chi connectivity index (χ0) is 35.8. The first-order valence-electron chi connectivity index (χ1n) is 19.2. The van der Waals surface area contributed by atoms with Crippen molar-refractivity contribution in [1.29, 1.82) is 0 Å². The van der Waals surface area contributed by atoms with E-state index in [1.807, 2.05) is 34.0 Å². The van der Waals surface area contributed by atoms with Gasteiger partial charge in [0.25, 0.3) is 0 Å². The number of hydrogen-bond acceptors (Lipinski definition) is 9. The van der Waals surface area contributed by atoms with Gasteiger partial charge < -0.3 is 0 Å². The Morgan fingerprint density at radius 1 is 0.519 bits per heavy atom. The summed E-state index contributed by atoms with van der Waals surface area (Å²) in [6, 6.07) is 18.6. The fourth-order valence-corrected chi connectivity index (χ4v) is 14.3. The minimum Gasteiger partial charge on any atom is -0.172 e. The van der Waals surface area contributed by atoms with E-state index in [9.17, 15) is 0 Å². The molecule has 2 aliphatic carbocycles. The Hall–Kier alpha value is -2.82. The van der Waals surface area contributed by atoms with E-state index >= 15 is 0 Å². The number of nitrogens with zero attached hydrogens (tertiary/aromatic N) is 4. The fraction of sp³-hybridized carbons (Fsp3) is 0.442. The molecule has 2 aromatic carbocycles. The maximum Gasteiger partial charge on any atom is 0.114 e. The minimum atomic E-state index is 0.257. The number of benzene rings is 2. The summed E-state index contributed by atoms with van der Waals surface area (Å²) in [6.07, 6.45) is 11.6. The predicted molar refractivity (Wildman–Crippen MR) is 228 cm³/mol. The summed E-state index contributed by atoms with van der Waals surface area (Å²) >= 11 is 8.42. The van der Waals surface area contributed by atoms with Crippen LogP contribution >= 0.6 is 57.5 Å². The molecule has 0 fully saturated rings. The number of hydrogen-bond donors (Lipinski definition) is 0. The summed E-state index contributed by atoms with van der Waals surface area (Å²) in [7, 11) is 0. The monoisotopic (exact) mass is 778 g/mol. The number of fused-ring (bicyclic) bond motifs is 4. The fourth-order valence-electron chi connectivity index (χ4n) is 9.19. The third kappa shape index (κ3) is 5.35. The van der Waals surface area contributed by atoms with Gasteiger partial charge in [0.1, 0.15) is 22.1 Å². The Morgan fingerprint density at radius 3 is 1.44 bits per heavy atom. The van der Waals surface area contributed by atoms with E-state index in [0.717, 1.165) is 33.2 Å². The molecule has 3 unspecified atom stereocenters. The van der Waals surface area contributed by atoms with Crippen molar-refractivity contribution in [2.45, 2.75) is 122 Å². The van der Waals surface area contributed by atoms with Crippen molar-refractivity contribution >= 4 is 79.5 Å². The molecular weight excluding hydrogens is 733 g/mol. The highest BCUT2D eigenvalue weighted by Crippen LogP contribution is 2.61. The lowest BCUT2D eigenvalue weighted by Crippen LogP contribution is -2.38. The molecule has 0 amide bonds. The normalized spacial score (nSPS) is 20.3. The number of thiophene rings is 3. The van der Waals surface area contributed by atoms with Crippen molar-refractivity contribution in [3.8, 4) is 41.8 Å². The molecule has 3 atom stereocenters. The summed E-state index contributed by atoms with van der Waals surface area (Å²) < 4.78 is 19.5. The predicted octanol–water partition coefficient (Wildman–Crippen LogP) is 14.8. The lowest BCUT2D eigenvalue weighted by molar-refractivity contribution is 0.292. The van der Waals surface area contributed by atoms with Gasteiger partial charge in [-0.25, -0.2) is 0 Å². The summed E-state index contributed by atoms with van der Waals surface area (Å²) in [5.74, 6) is 1.33. The van der Waals surface area contributed by atoms with Crippen molar-refractivity contribution in [1.82, 2.24) is 17.5 Å². The average molecular weight is 779 g/mol. The molecule has 52 heavy (non-hydrogen) atoms. The largest absolute Gasteiger partial charge is 0.172 e. The summed E-state index contributed by atoms with van der Waals surface area (Å²) in [6.45, 7) is 14.3. The maximum absolute atomic E-state index is 4.88. The number of aromatic nitrogens is 4. The van der Waals surface area contributed by atoms with Crippen molar-refractivity contribution in [2.24, 2.45) is 0 Å². The van der Waals surface area contributed by atoms with Gasteiger partial charge in [0.15, 0.2) is 0 Å². The number of unbranched alkanes of at least 4 members (excludes halogenated alkanes) is 4. The van der Waals surface area contributed by atoms with E-state index in [2.05, 4.69) is 90.1 Å². The summed E-state index contributed by atoms with van der Waals surface area (Å²) in [5.41, 5.74) is 12.5. The zero-order valence-electron chi connectivity index (χ0n) is 31.0. The Morgan fingerprint density at radius 2 is 0.962 bits per heavy atom. The summed E-state index contributed by atoms with van der Waals surface area (Å²) in [4.78, 5) is 8.23. The van der Waals surface area contributed by atoms with Crippen LogP contribution in [0, 0.1) is 0 Å². The van der Waals surface area contributed by atoms with Crippen LogP contribution in [0.5, 0.6) is 0 Å². The molecule has 0 radical (unpaired) electrons. The third-order valence-electron chi connectivity index (χ3n) is 12.4. The van der Waals surface area contributed by atoms with Crippen LogP contribution in [0.15, 0.2) is 48.5 Å². The highest BCUT2D eigenvalue weighted by atomic mass is 32.1. The molecule has 5 heterocycles. The zero-order valence-corrected chi connectivity index (χ0v) is 35.1. The summed E-state index contributed by atoms with van der Waals surface area (Å²) in [5, 5.41) is 0. The van der Waals surface area contributed by atoms with Crippen LogP contribution in [0.25, 0.3) is 63.8 Å². The first kappa shape index (κ1) is 34.9. The Bertz CT molecular complexity index is 2420. The first-order valence-corrected chi connectivity index (χ1v) is 23.1. The van der Waals surface area contributed by atoms with Gasteiger partial charge in [-0.1, -0.05) is 104 Å². The van der Waals surface area contributed by atoms with E-state index in [-0.39, 0.29) is 5.41 Å². The van der Waals surface area contributed by atoms with E-state index in [1.165, 1.54) is 112 Å². The highest BCUT2D eigenvalue weighted by Gasteiger charge is 2.48. The molecular formula is C43H46N4S5. The lowest BCUT2D eigenvalue weighted by atomic mass is 9.59. The van der Waals surface area contributed by atoms with E-state index < -0.39 is 0 Å². The second-order valence-corrected chi connectivity index (χ2v) is 20.0. The molecule has 0 saturated heterocycles. The Kier molecular flexibility index (Phi) is 9.05. The SMILES string of the molecule is CCCCCC1c2cc(-c3ccc(-c4ccc(-c5ccc(-c6cc7c(s6)C(C)(CC)C7CCCCC)c6nsnc56)s4)c4nsnc34)sc2C1(C)C. The molecule has 0 bridgehead atoms. The van der Waals surface area contributed by atoms with Crippen molar-refractivity contribution in [2.75, 3.05) is 0 Å². The molecule has 268 valence electrons. The van der Waals surface area contributed by atoms with Crippen molar-refractivity contribution < 1.29 is 0 Å². The van der Waals surface area contributed by atoms with Crippen LogP contribution in [0.1, 0.15) is 132 Å². The van der Waals surface area contributed by atoms with Gasteiger partial charge in [0.05, 0.1) is 23.5 Å². The second-order valence-electron chi connectivity index (χ2n) is 15.8. The maximum atomic E-state index is 4.88. The van der Waals surface area contributed by atoms with Gasteiger partial charge in [-0.15, -0.1) is 34.0 Å². The quantitative estimate of drug-likeness (QED) is 0.109. The molecule has 0 N–H and O–H groups in total. The topological polar surface area (TPSA) is 51.6 Å². The van der Waals surface area contributed by atoms with Crippen LogP contribution in [0.2, 0.25) is 0 Å². The molecule has 9 heteroatoms. The molecule has 0 aliphatic heterocycles. The molecule has 7 aromatic rings. The van der Waals surface area contributed by atoms with E-state index in [4.69, 9.17) is 17.5 Å². The minimum absolute atomic E-state index is 0.257. The molecule has 5 aromatic heterocycles. The van der Waals surface area contributed by atoms with Crippen LogP contribution in [-0.2, 0) is 10.8 Å². The van der Waals surface area contributed by atoms with Gasteiger partial charge in [0.2, 0.25) is 0 Å². The number of rotatable bonds is 13. The van der Waals surface area contributed by atoms with Crippen LogP contribution in [-0.4, -0.2) is 17.5 Å². The van der Waals surface area contributed by atoms with Crippen LogP contribution in [0.4, 0.5) is 0 Å². The van der Waals surface area contributed by atoms with E-state index in [0.29, 0.717) is 17.3 Å². The van der Waals surface area contributed by atoms with Crippen molar-refractivity contribution in [3.05, 3.63) is 69.4 Å². The van der Waals surface area contributed by atoms with Crippen LogP contribution < -0.4 is 0 Å². The Balaban J connectivity index is 1.01. The molecule has 9 rings (SSSR count). The van der Waals surface area contributed by atoms with Gasteiger partial charge in [0, 0.05) is 62.3 Å². The van der Waals surface area contributed by atoms with E-state index in [1.54, 1.807) is 20.9 Å². The third-order valence-corrected chi connectivity index (χ3v) is 17.6. The van der Waals surface area contributed by atoms with Gasteiger partial charge in [-0.3, -0.25) is 0 Å².